The first-order valence-corrected chi connectivity index (χ1v) is 7.03. The first-order valence-electron chi connectivity index (χ1n) is 6.65. The van der Waals surface area contributed by atoms with Gasteiger partial charge >= 0.3 is 0 Å². The molecular weight excluding hydrogens is 273 g/mol. The molecule has 0 spiro atoms. The number of benzene rings is 2. The van der Waals surface area contributed by atoms with Gasteiger partial charge in [-0.3, -0.25) is 0 Å². The van der Waals surface area contributed by atoms with E-state index in [9.17, 15) is 4.39 Å². The van der Waals surface area contributed by atoms with Gasteiger partial charge in [0.25, 0.3) is 0 Å². The van der Waals surface area contributed by atoms with Crippen molar-refractivity contribution in [1.82, 2.24) is 0 Å². The lowest BCUT2D eigenvalue weighted by Gasteiger charge is -2.17. The second-order valence-corrected chi connectivity index (χ2v) is 5.75. The molecule has 0 amide bonds. The van der Waals surface area contributed by atoms with E-state index in [-0.39, 0.29) is 11.9 Å². The van der Waals surface area contributed by atoms with Gasteiger partial charge in [-0.1, -0.05) is 29.8 Å². The molecule has 0 bridgehead atoms. The minimum Gasteiger partial charge on any atom is -0.324 e. The minimum absolute atomic E-state index is 0.141. The highest BCUT2D eigenvalue weighted by Crippen LogP contribution is 2.26. The summed E-state index contributed by atoms with van der Waals surface area (Å²) in [5.74, 6) is -0.324. The summed E-state index contributed by atoms with van der Waals surface area (Å²) in [6, 6.07) is 8.59. The molecule has 0 aromatic heterocycles. The molecule has 1 nitrogen and oxygen atoms in total. The summed E-state index contributed by atoms with van der Waals surface area (Å²) in [6.45, 7) is 6.23. The summed E-state index contributed by atoms with van der Waals surface area (Å²) >= 11 is 6.06. The average molecular weight is 292 g/mol. The van der Waals surface area contributed by atoms with Crippen LogP contribution in [0.15, 0.2) is 30.3 Å². The van der Waals surface area contributed by atoms with Gasteiger partial charge in [-0.25, -0.2) is 4.39 Å². The molecule has 0 heterocycles. The van der Waals surface area contributed by atoms with E-state index in [0.717, 1.165) is 11.1 Å². The molecule has 2 N–H and O–H groups in total. The van der Waals surface area contributed by atoms with Crippen molar-refractivity contribution in [3.05, 3.63) is 69.0 Å². The van der Waals surface area contributed by atoms with Crippen LogP contribution < -0.4 is 5.73 Å². The van der Waals surface area contributed by atoms with Crippen LogP contribution in [0.3, 0.4) is 0 Å². The summed E-state index contributed by atoms with van der Waals surface area (Å²) in [5.41, 5.74) is 12.0. The zero-order valence-electron chi connectivity index (χ0n) is 12.0. The largest absolute Gasteiger partial charge is 0.324 e. The molecule has 0 radical (unpaired) electrons. The third kappa shape index (κ3) is 3.20. The van der Waals surface area contributed by atoms with Crippen LogP contribution in [0.2, 0.25) is 5.02 Å². The first kappa shape index (κ1) is 15.0. The van der Waals surface area contributed by atoms with Crippen molar-refractivity contribution in [3.8, 4) is 0 Å². The highest BCUT2D eigenvalue weighted by atomic mass is 35.5. The maximum atomic E-state index is 13.1. The van der Waals surface area contributed by atoms with Crippen molar-refractivity contribution in [2.75, 3.05) is 0 Å². The Morgan fingerprint density at radius 1 is 1.05 bits per heavy atom. The standard InChI is InChI=1S/C17H19ClFN/c1-10-6-12(3)15(7-11(10)2)17(20)8-13-4-5-14(19)9-16(13)18/h4-7,9,17H,8,20H2,1-3H3. The normalized spacial score (nSPS) is 12.5. The number of rotatable bonds is 3. The van der Waals surface area contributed by atoms with E-state index in [2.05, 4.69) is 32.9 Å². The van der Waals surface area contributed by atoms with Gasteiger partial charge in [-0.15, -0.1) is 0 Å². The Bertz CT molecular complexity index is 637. The molecule has 0 aliphatic rings. The SMILES string of the molecule is Cc1cc(C)c(C(N)Cc2ccc(F)cc2Cl)cc1C. The predicted octanol–water partition coefficient (Wildman–Crippen LogP) is 4.65. The highest BCUT2D eigenvalue weighted by Gasteiger charge is 2.13. The van der Waals surface area contributed by atoms with E-state index in [1.54, 1.807) is 6.07 Å². The Morgan fingerprint density at radius 3 is 2.35 bits per heavy atom. The van der Waals surface area contributed by atoms with Crippen LogP contribution in [-0.2, 0) is 6.42 Å². The third-order valence-corrected chi connectivity index (χ3v) is 4.09. The Morgan fingerprint density at radius 2 is 1.70 bits per heavy atom. The molecule has 2 aromatic rings. The van der Waals surface area contributed by atoms with Crippen LogP contribution in [-0.4, -0.2) is 0 Å². The fourth-order valence-electron chi connectivity index (χ4n) is 2.42. The van der Waals surface area contributed by atoms with E-state index >= 15 is 0 Å². The zero-order valence-corrected chi connectivity index (χ0v) is 12.8. The van der Waals surface area contributed by atoms with Gasteiger partial charge in [0, 0.05) is 11.1 Å². The topological polar surface area (TPSA) is 26.0 Å². The lowest BCUT2D eigenvalue weighted by molar-refractivity contribution is 0.625. The van der Waals surface area contributed by atoms with E-state index < -0.39 is 0 Å². The molecule has 2 aromatic carbocycles. The lowest BCUT2D eigenvalue weighted by atomic mass is 9.92. The zero-order chi connectivity index (χ0) is 14.9. The van der Waals surface area contributed by atoms with Crippen molar-refractivity contribution in [2.45, 2.75) is 33.2 Å². The van der Waals surface area contributed by atoms with Crippen LogP contribution in [0.5, 0.6) is 0 Å². The van der Waals surface area contributed by atoms with Crippen LogP contribution in [0.4, 0.5) is 4.39 Å². The van der Waals surface area contributed by atoms with Crippen molar-refractivity contribution >= 4 is 11.6 Å². The Hall–Kier alpha value is -1.38. The number of aryl methyl sites for hydroxylation is 3. The second kappa shape index (κ2) is 5.94. The van der Waals surface area contributed by atoms with E-state index in [1.807, 2.05) is 0 Å². The number of nitrogens with two attached hydrogens (primary N) is 1. The molecule has 0 aliphatic heterocycles. The fourth-order valence-corrected chi connectivity index (χ4v) is 2.66. The van der Waals surface area contributed by atoms with Gasteiger partial charge < -0.3 is 5.73 Å². The van der Waals surface area contributed by atoms with Crippen LogP contribution in [0, 0.1) is 26.6 Å². The molecule has 0 saturated heterocycles. The number of halogens is 2. The Kier molecular flexibility index (Phi) is 4.46. The molecule has 0 fully saturated rings. The lowest BCUT2D eigenvalue weighted by Crippen LogP contribution is -2.15. The monoisotopic (exact) mass is 291 g/mol. The molecule has 1 unspecified atom stereocenters. The molecule has 3 heteroatoms. The fraction of sp³-hybridized carbons (Fsp3) is 0.294. The summed E-state index contributed by atoms with van der Waals surface area (Å²) in [6.07, 6.45) is 0.600. The van der Waals surface area contributed by atoms with Crippen molar-refractivity contribution in [3.63, 3.8) is 0 Å². The van der Waals surface area contributed by atoms with Crippen LogP contribution in [0.1, 0.15) is 33.9 Å². The molecule has 2 rings (SSSR count). The van der Waals surface area contributed by atoms with Crippen molar-refractivity contribution in [2.24, 2.45) is 5.73 Å². The summed E-state index contributed by atoms with van der Waals surface area (Å²) < 4.78 is 13.1. The highest BCUT2D eigenvalue weighted by molar-refractivity contribution is 6.31. The maximum Gasteiger partial charge on any atom is 0.124 e. The van der Waals surface area contributed by atoms with Gasteiger partial charge in [0.1, 0.15) is 5.82 Å². The van der Waals surface area contributed by atoms with E-state index in [4.69, 9.17) is 17.3 Å². The van der Waals surface area contributed by atoms with E-state index in [0.29, 0.717) is 11.4 Å². The van der Waals surface area contributed by atoms with Gasteiger partial charge in [0.15, 0.2) is 0 Å². The predicted molar refractivity (Wildman–Crippen MR) is 82.7 cm³/mol. The van der Waals surface area contributed by atoms with Crippen molar-refractivity contribution in [1.29, 1.82) is 0 Å². The first-order chi connectivity index (χ1) is 9.38. The molecule has 106 valence electrons. The Balaban J connectivity index is 2.28. The minimum atomic E-state index is -0.324. The van der Waals surface area contributed by atoms with Gasteiger partial charge in [-0.05, 0) is 67.1 Å². The van der Waals surface area contributed by atoms with Crippen LogP contribution in [0.25, 0.3) is 0 Å². The summed E-state index contributed by atoms with van der Waals surface area (Å²) in [5, 5.41) is 0.432. The summed E-state index contributed by atoms with van der Waals surface area (Å²) in [7, 11) is 0. The summed E-state index contributed by atoms with van der Waals surface area (Å²) in [4.78, 5) is 0. The van der Waals surface area contributed by atoms with Crippen LogP contribution >= 0.6 is 11.6 Å². The van der Waals surface area contributed by atoms with Gasteiger partial charge in [0.05, 0.1) is 0 Å². The second-order valence-electron chi connectivity index (χ2n) is 5.34. The third-order valence-electron chi connectivity index (χ3n) is 3.74. The Labute approximate surface area is 124 Å². The van der Waals surface area contributed by atoms with E-state index in [1.165, 1.54) is 28.8 Å². The molecule has 0 saturated carbocycles. The maximum absolute atomic E-state index is 13.1. The van der Waals surface area contributed by atoms with Gasteiger partial charge in [-0.2, -0.15) is 0 Å². The molecule has 0 aliphatic carbocycles. The average Bonchev–Trinajstić information content (AvgIpc) is 2.37. The smallest absolute Gasteiger partial charge is 0.124 e. The van der Waals surface area contributed by atoms with Crippen molar-refractivity contribution < 1.29 is 4.39 Å². The number of hydrogen-bond acceptors (Lipinski definition) is 1. The number of hydrogen-bond donors (Lipinski definition) is 1. The quantitative estimate of drug-likeness (QED) is 0.875. The molecule has 20 heavy (non-hydrogen) atoms. The van der Waals surface area contributed by atoms with Gasteiger partial charge in [0.2, 0.25) is 0 Å². The molecule has 1 atom stereocenters. The molecular formula is C17H19ClFN.